The summed E-state index contributed by atoms with van der Waals surface area (Å²) in [6.45, 7) is 5.64. The van der Waals surface area contributed by atoms with Gasteiger partial charge in [0.25, 0.3) is 0 Å². The van der Waals surface area contributed by atoms with Gasteiger partial charge in [0.1, 0.15) is 0 Å². The van der Waals surface area contributed by atoms with Crippen molar-refractivity contribution in [2.45, 2.75) is 25.8 Å². The Balaban J connectivity index is 1.80. The molecule has 1 aromatic rings. The summed E-state index contributed by atoms with van der Waals surface area (Å²) in [6.07, 6.45) is 2.47. The topological polar surface area (TPSA) is 67.6 Å². The Morgan fingerprint density at radius 1 is 1.43 bits per heavy atom. The van der Waals surface area contributed by atoms with Gasteiger partial charge in [-0.2, -0.15) is 0 Å². The van der Waals surface area contributed by atoms with E-state index in [9.17, 15) is 4.79 Å². The molecule has 3 aliphatic rings. The lowest BCUT2D eigenvalue weighted by molar-refractivity contribution is 0.0527. The molecule has 3 N–H and O–H groups in total. The van der Waals surface area contributed by atoms with Crippen LogP contribution in [0.1, 0.15) is 30.1 Å². The van der Waals surface area contributed by atoms with Gasteiger partial charge < -0.3 is 20.7 Å². The SMILES string of the molecule is CCOC(=O)c1cc(N)ccc1NC1CN2CCC1CC2. The zero-order valence-corrected chi connectivity index (χ0v) is 12.5. The van der Waals surface area contributed by atoms with E-state index in [1.807, 2.05) is 19.1 Å². The highest BCUT2D eigenvalue weighted by Crippen LogP contribution is 2.31. The summed E-state index contributed by atoms with van der Waals surface area (Å²) in [6, 6.07) is 5.82. The molecule has 4 rings (SSSR count). The van der Waals surface area contributed by atoms with E-state index in [0.717, 1.165) is 12.2 Å². The number of nitrogens with one attached hydrogen (secondary N) is 1. The first-order valence-corrected chi connectivity index (χ1v) is 7.73. The number of anilines is 2. The fourth-order valence-electron chi connectivity index (χ4n) is 3.39. The molecule has 114 valence electrons. The number of rotatable bonds is 4. The summed E-state index contributed by atoms with van der Waals surface area (Å²) in [5.74, 6) is 0.385. The van der Waals surface area contributed by atoms with Crippen LogP contribution in [-0.2, 0) is 4.74 Å². The third-order valence-corrected chi connectivity index (χ3v) is 4.54. The van der Waals surface area contributed by atoms with Gasteiger partial charge in [-0.05, 0) is 57.0 Å². The van der Waals surface area contributed by atoms with Crippen LogP contribution in [0.3, 0.4) is 0 Å². The van der Waals surface area contributed by atoms with Crippen LogP contribution >= 0.6 is 0 Å². The molecule has 3 heterocycles. The second kappa shape index (κ2) is 5.93. The van der Waals surface area contributed by atoms with Crippen molar-refractivity contribution in [2.75, 3.05) is 37.3 Å². The monoisotopic (exact) mass is 289 g/mol. The Labute approximate surface area is 125 Å². The number of piperidine rings is 3. The van der Waals surface area contributed by atoms with Crippen molar-refractivity contribution in [1.82, 2.24) is 4.90 Å². The minimum Gasteiger partial charge on any atom is -0.462 e. The third kappa shape index (κ3) is 2.97. The van der Waals surface area contributed by atoms with Crippen molar-refractivity contribution in [3.8, 4) is 0 Å². The predicted octanol–water partition coefficient (Wildman–Crippen LogP) is 1.95. The number of hydrogen-bond donors (Lipinski definition) is 2. The van der Waals surface area contributed by atoms with Crippen molar-refractivity contribution < 1.29 is 9.53 Å². The van der Waals surface area contributed by atoms with Crippen molar-refractivity contribution in [3.05, 3.63) is 23.8 Å². The molecule has 3 aliphatic heterocycles. The molecule has 21 heavy (non-hydrogen) atoms. The van der Waals surface area contributed by atoms with Gasteiger partial charge in [0.05, 0.1) is 12.2 Å². The highest BCUT2D eigenvalue weighted by molar-refractivity contribution is 5.96. The van der Waals surface area contributed by atoms with Crippen molar-refractivity contribution in [2.24, 2.45) is 5.92 Å². The van der Waals surface area contributed by atoms with Gasteiger partial charge in [0.15, 0.2) is 0 Å². The molecule has 2 bridgehead atoms. The molecule has 0 saturated carbocycles. The summed E-state index contributed by atoms with van der Waals surface area (Å²) in [5, 5.41) is 3.55. The normalized spacial score (nSPS) is 27.4. The molecule has 5 heteroatoms. The first-order valence-electron chi connectivity index (χ1n) is 7.73. The van der Waals surface area contributed by atoms with Crippen LogP contribution in [0.5, 0.6) is 0 Å². The molecule has 0 aliphatic carbocycles. The van der Waals surface area contributed by atoms with Crippen LogP contribution in [0.15, 0.2) is 18.2 Å². The number of esters is 1. The molecular formula is C16H23N3O2. The molecule has 1 aromatic carbocycles. The zero-order chi connectivity index (χ0) is 14.8. The maximum Gasteiger partial charge on any atom is 0.340 e. The fraction of sp³-hybridized carbons (Fsp3) is 0.562. The van der Waals surface area contributed by atoms with Crippen molar-refractivity contribution in [3.63, 3.8) is 0 Å². The molecule has 3 fully saturated rings. The fourth-order valence-corrected chi connectivity index (χ4v) is 3.39. The van der Waals surface area contributed by atoms with Crippen LogP contribution in [-0.4, -0.2) is 43.2 Å². The largest absolute Gasteiger partial charge is 0.462 e. The second-order valence-electron chi connectivity index (χ2n) is 5.91. The molecule has 3 saturated heterocycles. The van der Waals surface area contributed by atoms with E-state index in [2.05, 4.69) is 10.2 Å². The maximum atomic E-state index is 12.1. The molecule has 0 spiro atoms. The Hall–Kier alpha value is -1.75. The second-order valence-corrected chi connectivity index (χ2v) is 5.91. The smallest absolute Gasteiger partial charge is 0.340 e. The Morgan fingerprint density at radius 2 is 2.19 bits per heavy atom. The van der Waals surface area contributed by atoms with Crippen LogP contribution in [0.2, 0.25) is 0 Å². The lowest BCUT2D eigenvalue weighted by Gasteiger charge is -2.45. The van der Waals surface area contributed by atoms with E-state index in [1.165, 1.54) is 25.9 Å². The Kier molecular flexibility index (Phi) is 4.01. The number of fused-ring (bicyclic) bond motifs is 3. The average molecular weight is 289 g/mol. The zero-order valence-electron chi connectivity index (χ0n) is 12.5. The van der Waals surface area contributed by atoms with Crippen LogP contribution in [0, 0.1) is 5.92 Å². The molecule has 5 nitrogen and oxygen atoms in total. The lowest BCUT2D eigenvalue weighted by atomic mass is 9.84. The first kappa shape index (κ1) is 14.2. The predicted molar refractivity (Wildman–Crippen MR) is 83.4 cm³/mol. The summed E-state index contributed by atoms with van der Waals surface area (Å²) >= 11 is 0. The summed E-state index contributed by atoms with van der Waals surface area (Å²) in [4.78, 5) is 14.6. The molecule has 1 atom stereocenters. The molecule has 0 radical (unpaired) electrons. The lowest BCUT2D eigenvalue weighted by Crippen LogP contribution is -2.53. The van der Waals surface area contributed by atoms with Gasteiger partial charge in [0.2, 0.25) is 0 Å². The minimum atomic E-state index is -0.312. The number of nitrogens with two attached hydrogens (primary N) is 1. The number of hydrogen-bond acceptors (Lipinski definition) is 5. The quantitative estimate of drug-likeness (QED) is 0.655. The summed E-state index contributed by atoms with van der Waals surface area (Å²) in [5.41, 5.74) is 7.76. The van der Waals surface area contributed by atoms with Crippen LogP contribution in [0.4, 0.5) is 11.4 Å². The van der Waals surface area contributed by atoms with Crippen LogP contribution in [0.25, 0.3) is 0 Å². The number of benzene rings is 1. The third-order valence-electron chi connectivity index (χ3n) is 4.54. The number of nitrogens with zero attached hydrogens (tertiary/aromatic N) is 1. The molecule has 1 unspecified atom stereocenters. The van der Waals surface area contributed by atoms with Crippen LogP contribution < -0.4 is 11.1 Å². The Morgan fingerprint density at radius 3 is 2.81 bits per heavy atom. The standard InChI is InChI=1S/C16H23N3O2/c1-2-21-16(20)13-9-12(17)3-4-14(13)18-15-10-19-7-5-11(15)6-8-19/h3-4,9,11,15,18H,2,5-8,10,17H2,1H3. The number of carbonyl (C=O) groups is 1. The average Bonchev–Trinajstić information content (AvgIpc) is 2.50. The maximum absolute atomic E-state index is 12.1. The summed E-state index contributed by atoms with van der Waals surface area (Å²) in [7, 11) is 0. The number of carbonyl (C=O) groups excluding carboxylic acids is 1. The van der Waals surface area contributed by atoms with Gasteiger partial charge in [-0.3, -0.25) is 0 Å². The first-order chi connectivity index (χ1) is 10.2. The van der Waals surface area contributed by atoms with E-state index in [0.29, 0.717) is 29.8 Å². The molecule has 0 amide bonds. The Bertz CT molecular complexity index is 524. The molecular weight excluding hydrogens is 266 g/mol. The van der Waals surface area contributed by atoms with Gasteiger partial charge in [-0.1, -0.05) is 0 Å². The van der Waals surface area contributed by atoms with E-state index in [1.54, 1.807) is 6.07 Å². The minimum absolute atomic E-state index is 0.312. The molecule has 0 aromatic heterocycles. The van der Waals surface area contributed by atoms with Gasteiger partial charge >= 0.3 is 5.97 Å². The van der Waals surface area contributed by atoms with E-state index < -0.39 is 0 Å². The van der Waals surface area contributed by atoms with Gasteiger partial charge in [0, 0.05) is 24.0 Å². The highest BCUT2D eigenvalue weighted by Gasteiger charge is 2.34. The van der Waals surface area contributed by atoms with E-state index in [4.69, 9.17) is 10.5 Å². The number of ether oxygens (including phenoxy) is 1. The van der Waals surface area contributed by atoms with Crippen molar-refractivity contribution in [1.29, 1.82) is 0 Å². The van der Waals surface area contributed by atoms with Crippen molar-refractivity contribution >= 4 is 17.3 Å². The van der Waals surface area contributed by atoms with Gasteiger partial charge in [-0.15, -0.1) is 0 Å². The van der Waals surface area contributed by atoms with E-state index in [-0.39, 0.29) is 5.97 Å². The highest BCUT2D eigenvalue weighted by atomic mass is 16.5. The van der Waals surface area contributed by atoms with E-state index >= 15 is 0 Å². The summed E-state index contributed by atoms with van der Waals surface area (Å²) < 4.78 is 5.13. The number of nitrogen functional groups attached to an aromatic ring is 1. The van der Waals surface area contributed by atoms with Gasteiger partial charge in [-0.25, -0.2) is 4.79 Å².